The van der Waals surface area contributed by atoms with Crippen molar-refractivity contribution in [3.05, 3.63) is 35.9 Å². The Morgan fingerprint density at radius 1 is 0.871 bits per heavy atom. The Morgan fingerprint density at radius 3 is 2.19 bits per heavy atom. The van der Waals surface area contributed by atoms with E-state index in [2.05, 4.69) is 37.9 Å². The molecule has 0 saturated heterocycles. The van der Waals surface area contributed by atoms with Crippen LogP contribution in [0, 0.1) is 0 Å². The molecule has 4 unspecified atom stereocenters. The van der Waals surface area contributed by atoms with E-state index in [-0.39, 0.29) is 18.2 Å². The second-order valence-corrected chi connectivity index (χ2v) is 9.27. The number of unbranched alkanes of at least 4 members (excludes halogenated alkanes) is 8. The zero-order chi connectivity index (χ0) is 22.3. The van der Waals surface area contributed by atoms with Crippen LogP contribution in [0.4, 0.5) is 0 Å². The smallest absolute Gasteiger partial charge is 0.102 e. The molecule has 2 rings (SSSR count). The lowest BCUT2D eigenvalue weighted by Crippen LogP contribution is -2.48. The van der Waals surface area contributed by atoms with Gasteiger partial charge >= 0.3 is 0 Å². The van der Waals surface area contributed by atoms with Crippen molar-refractivity contribution in [3.63, 3.8) is 0 Å². The molecule has 1 fully saturated rings. The molecule has 4 nitrogen and oxygen atoms in total. The van der Waals surface area contributed by atoms with Gasteiger partial charge < -0.3 is 14.6 Å². The molecule has 1 aliphatic carbocycles. The van der Waals surface area contributed by atoms with Crippen molar-refractivity contribution in [2.24, 2.45) is 0 Å². The molecule has 0 aliphatic heterocycles. The number of nitrogens with zero attached hydrogens (tertiary/aromatic N) is 1. The van der Waals surface area contributed by atoms with Gasteiger partial charge in [-0.2, -0.15) is 0 Å². The van der Waals surface area contributed by atoms with E-state index in [1.807, 2.05) is 18.2 Å². The monoisotopic (exact) mass is 433 g/mol. The average molecular weight is 434 g/mol. The van der Waals surface area contributed by atoms with Crippen LogP contribution < -0.4 is 0 Å². The third-order valence-corrected chi connectivity index (χ3v) is 6.56. The minimum Gasteiger partial charge on any atom is -0.391 e. The fourth-order valence-electron chi connectivity index (χ4n) is 4.68. The summed E-state index contributed by atoms with van der Waals surface area (Å²) in [6.45, 7) is 6.83. The van der Waals surface area contributed by atoms with Crippen molar-refractivity contribution < 1.29 is 14.6 Å². The summed E-state index contributed by atoms with van der Waals surface area (Å²) >= 11 is 0. The summed E-state index contributed by atoms with van der Waals surface area (Å²) in [5.41, 5.74) is 1.17. The van der Waals surface area contributed by atoms with Crippen molar-refractivity contribution in [2.75, 3.05) is 20.2 Å². The number of aliphatic hydroxyl groups excluding tert-OH is 1. The molecular formula is C27H47NO3. The lowest BCUT2D eigenvalue weighted by atomic mass is 10.1. The molecular weight excluding hydrogens is 386 g/mol. The maximum absolute atomic E-state index is 10.9. The number of aliphatic hydroxyl groups is 1. The van der Waals surface area contributed by atoms with Gasteiger partial charge in [0.25, 0.3) is 0 Å². The molecule has 0 amide bonds. The Hall–Kier alpha value is -0.940. The van der Waals surface area contributed by atoms with Gasteiger partial charge in [0.05, 0.1) is 24.9 Å². The van der Waals surface area contributed by atoms with Crippen LogP contribution in [-0.4, -0.2) is 54.6 Å². The predicted molar refractivity (Wildman–Crippen MR) is 129 cm³/mol. The van der Waals surface area contributed by atoms with Gasteiger partial charge in [0.1, 0.15) is 6.10 Å². The fourth-order valence-corrected chi connectivity index (χ4v) is 4.68. The van der Waals surface area contributed by atoms with Crippen molar-refractivity contribution in [3.8, 4) is 0 Å². The van der Waals surface area contributed by atoms with Gasteiger partial charge in [-0.25, -0.2) is 0 Å². The first-order valence-electron chi connectivity index (χ1n) is 12.8. The van der Waals surface area contributed by atoms with E-state index in [4.69, 9.17) is 9.47 Å². The maximum atomic E-state index is 10.9. The second kappa shape index (κ2) is 15.8. The van der Waals surface area contributed by atoms with E-state index in [9.17, 15) is 5.11 Å². The maximum Gasteiger partial charge on any atom is 0.102 e. The number of benzene rings is 1. The third-order valence-electron chi connectivity index (χ3n) is 6.56. The number of likely N-dealkylation sites (N-methyl/N-ethyl adjacent to an activating group) is 1. The second-order valence-electron chi connectivity index (χ2n) is 9.27. The van der Waals surface area contributed by atoms with Crippen LogP contribution in [0.3, 0.4) is 0 Å². The van der Waals surface area contributed by atoms with Crippen molar-refractivity contribution in [1.82, 2.24) is 4.90 Å². The Labute approximate surface area is 191 Å². The lowest BCUT2D eigenvalue weighted by molar-refractivity contribution is -0.0866. The van der Waals surface area contributed by atoms with Crippen LogP contribution in [0.25, 0.3) is 0 Å². The molecule has 0 radical (unpaired) electrons. The van der Waals surface area contributed by atoms with Gasteiger partial charge in [-0.1, -0.05) is 95.5 Å². The minimum absolute atomic E-state index is 0.0163. The summed E-state index contributed by atoms with van der Waals surface area (Å²) in [5.74, 6) is 0. The number of hydrogen-bond donors (Lipinski definition) is 1. The number of ether oxygens (including phenoxy) is 2. The van der Waals surface area contributed by atoms with Gasteiger partial charge in [0.15, 0.2) is 0 Å². The highest BCUT2D eigenvalue weighted by Crippen LogP contribution is 2.31. The fraction of sp³-hybridized carbons (Fsp3) is 0.778. The largest absolute Gasteiger partial charge is 0.391 e. The van der Waals surface area contributed by atoms with Crippen LogP contribution in [-0.2, 0) is 16.1 Å². The zero-order valence-corrected chi connectivity index (χ0v) is 20.3. The Kier molecular flexibility index (Phi) is 13.4. The molecule has 1 N–H and O–H groups in total. The molecule has 4 atom stereocenters. The van der Waals surface area contributed by atoms with Gasteiger partial charge in [-0.05, 0) is 32.0 Å². The summed E-state index contributed by atoms with van der Waals surface area (Å²) in [6, 6.07) is 10.3. The van der Waals surface area contributed by atoms with E-state index in [0.717, 1.165) is 19.6 Å². The molecule has 31 heavy (non-hydrogen) atoms. The average Bonchev–Trinajstić information content (AvgIpc) is 3.10. The quantitative estimate of drug-likeness (QED) is 0.308. The SMILES string of the molecule is CCCCCCCOC1C(OCc2ccccc2)CC(O)C1N(C)CCCCCCC. The predicted octanol–water partition coefficient (Wildman–Crippen LogP) is 5.96. The van der Waals surface area contributed by atoms with Gasteiger partial charge in [0.2, 0.25) is 0 Å². The molecule has 0 spiro atoms. The van der Waals surface area contributed by atoms with Crippen LogP contribution in [0.5, 0.6) is 0 Å². The summed E-state index contributed by atoms with van der Waals surface area (Å²) in [7, 11) is 2.14. The summed E-state index contributed by atoms with van der Waals surface area (Å²) in [6.07, 6.45) is 12.6. The molecule has 178 valence electrons. The van der Waals surface area contributed by atoms with Crippen LogP contribution in [0.1, 0.15) is 90.0 Å². The molecule has 1 aromatic carbocycles. The first kappa shape index (κ1) is 26.3. The minimum atomic E-state index is -0.397. The summed E-state index contributed by atoms with van der Waals surface area (Å²) < 4.78 is 12.7. The molecule has 4 heteroatoms. The number of rotatable bonds is 17. The van der Waals surface area contributed by atoms with Crippen molar-refractivity contribution >= 4 is 0 Å². The van der Waals surface area contributed by atoms with E-state index in [1.54, 1.807) is 0 Å². The van der Waals surface area contributed by atoms with Crippen molar-refractivity contribution in [1.29, 1.82) is 0 Å². The summed E-state index contributed by atoms with van der Waals surface area (Å²) in [5, 5.41) is 10.9. The standard InChI is InChI=1S/C27H47NO3/c1-4-6-8-10-15-19-28(3)26-24(29)21-25(31-22-23-17-13-12-14-18-23)27(26)30-20-16-11-9-7-5-2/h12-14,17-18,24-27,29H,4-11,15-16,19-22H2,1-3H3. The number of hydrogen-bond acceptors (Lipinski definition) is 4. The molecule has 0 heterocycles. The van der Waals surface area contributed by atoms with Crippen LogP contribution in [0.2, 0.25) is 0 Å². The molecule has 1 aromatic rings. The zero-order valence-electron chi connectivity index (χ0n) is 20.3. The van der Waals surface area contributed by atoms with E-state index in [1.165, 1.54) is 63.4 Å². The van der Waals surface area contributed by atoms with Crippen LogP contribution in [0.15, 0.2) is 30.3 Å². The Bertz CT molecular complexity index is 553. The molecule has 0 bridgehead atoms. The highest BCUT2D eigenvalue weighted by molar-refractivity contribution is 5.13. The third kappa shape index (κ3) is 9.61. The molecule has 1 saturated carbocycles. The van der Waals surface area contributed by atoms with Gasteiger partial charge in [-0.3, -0.25) is 4.90 Å². The molecule has 0 aromatic heterocycles. The van der Waals surface area contributed by atoms with E-state index >= 15 is 0 Å². The first-order chi connectivity index (χ1) is 15.2. The molecule has 1 aliphatic rings. The highest BCUT2D eigenvalue weighted by Gasteiger charge is 2.46. The highest BCUT2D eigenvalue weighted by atomic mass is 16.5. The normalized spacial score (nSPS) is 23.6. The Balaban J connectivity index is 1.90. The topological polar surface area (TPSA) is 41.9 Å². The van der Waals surface area contributed by atoms with Crippen LogP contribution >= 0.6 is 0 Å². The van der Waals surface area contributed by atoms with E-state index < -0.39 is 6.10 Å². The lowest BCUT2D eigenvalue weighted by Gasteiger charge is -2.33. The van der Waals surface area contributed by atoms with Gasteiger partial charge in [0, 0.05) is 13.0 Å². The first-order valence-corrected chi connectivity index (χ1v) is 12.8. The van der Waals surface area contributed by atoms with Crippen molar-refractivity contribution in [2.45, 2.75) is 115 Å². The Morgan fingerprint density at radius 2 is 1.52 bits per heavy atom. The summed E-state index contributed by atoms with van der Waals surface area (Å²) in [4.78, 5) is 2.32. The van der Waals surface area contributed by atoms with E-state index in [0.29, 0.717) is 13.0 Å². The van der Waals surface area contributed by atoms with Gasteiger partial charge in [-0.15, -0.1) is 0 Å².